The number of carbonyl (C=O) groups excluding carboxylic acids is 2. The summed E-state index contributed by atoms with van der Waals surface area (Å²) >= 11 is 7.96. The molecule has 0 atom stereocenters. The Balaban J connectivity index is 1.76. The van der Waals surface area contributed by atoms with Crippen LogP contribution < -0.4 is 10.1 Å². The molecule has 0 radical (unpaired) electrons. The molecule has 30 heavy (non-hydrogen) atoms. The summed E-state index contributed by atoms with van der Waals surface area (Å²) in [5, 5.41) is 10.9. The SMILES string of the molecule is COC(=O)/C=C1/S/C(=N\N=Cc2cc(Br)cc(Br)c2OCc2ccccc2)NC1=O. The molecular weight excluding hydrogens is 538 g/mol. The molecule has 0 spiro atoms. The molecule has 1 aliphatic rings. The Labute approximate surface area is 193 Å². The van der Waals surface area contributed by atoms with Crippen molar-refractivity contribution in [3.05, 3.63) is 73.5 Å². The van der Waals surface area contributed by atoms with Crippen LogP contribution in [0.4, 0.5) is 0 Å². The molecule has 0 unspecified atom stereocenters. The molecule has 2 aromatic carbocycles. The smallest absolute Gasteiger partial charge is 0.331 e. The number of esters is 1. The van der Waals surface area contributed by atoms with E-state index in [4.69, 9.17) is 4.74 Å². The first-order valence-electron chi connectivity index (χ1n) is 8.52. The van der Waals surface area contributed by atoms with Gasteiger partial charge in [0, 0.05) is 16.1 Å². The average Bonchev–Trinajstić information content (AvgIpc) is 3.07. The molecule has 1 aliphatic heterocycles. The summed E-state index contributed by atoms with van der Waals surface area (Å²) in [6, 6.07) is 13.5. The van der Waals surface area contributed by atoms with Crippen LogP contribution in [0.5, 0.6) is 5.75 Å². The summed E-state index contributed by atoms with van der Waals surface area (Å²) in [6.45, 7) is 0.393. The molecule has 0 aliphatic carbocycles. The molecule has 1 fully saturated rings. The summed E-state index contributed by atoms with van der Waals surface area (Å²) in [6.07, 6.45) is 2.63. The zero-order chi connectivity index (χ0) is 21.5. The van der Waals surface area contributed by atoms with Crippen molar-refractivity contribution < 1.29 is 19.1 Å². The normalized spacial score (nSPS) is 16.3. The van der Waals surface area contributed by atoms with Crippen molar-refractivity contribution in [2.45, 2.75) is 6.61 Å². The van der Waals surface area contributed by atoms with E-state index < -0.39 is 11.9 Å². The maximum Gasteiger partial charge on any atom is 0.331 e. The Kier molecular flexibility index (Phi) is 7.83. The second kappa shape index (κ2) is 10.6. The molecule has 0 aromatic heterocycles. The maximum absolute atomic E-state index is 11.9. The first kappa shape index (κ1) is 22.3. The molecular formula is C20H15Br2N3O4S. The number of amides is 1. The Morgan fingerprint density at radius 1 is 1.23 bits per heavy atom. The molecule has 2 aromatic rings. The highest BCUT2D eigenvalue weighted by Crippen LogP contribution is 2.33. The lowest BCUT2D eigenvalue weighted by atomic mass is 10.2. The minimum absolute atomic E-state index is 0.188. The number of methoxy groups -OCH3 is 1. The zero-order valence-electron chi connectivity index (χ0n) is 15.6. The minimum atomic E-state index is -0.614. The first-order chi connectivity index (χ1) is 14.5. The Morgan fingerprint density at radius 2 is 2.00 bits per heavy atom. The van der Waals surface area contributed by atoms with Crippen LogP contribution in [0.3, 0.4) is 0 Å². The van der Waals surface area contributed by atoms with Gasteiger partial charge < -0.3 is 9.47 Å². The van der Waals surface area contributed by atoms with E-state index in [2.05, 4.69) is 52.1 Å². The van der Waals surface area contributed by atoms with Crippen LogP contribution in [-0.4, -0.2) is 30.4 Å². The summed E-state index contributed by atoms with van der Waals surface area (Å²) in [5.74, 6) is -0.437. The molecule has 154 valence electrons. The second-order valence-electron chi connectivity index (χ2n) is 5.82. The molecule has 0 saturated carbocycles. The van der Waals surface area contributed by atoms with Gasteiger partial charge in [0.1, 0.15) is 12.4 Å². The lowest BCUT2D eigenvalue weighted by Gasteiger charge is -2.11. The van der Waals surface area contributed by atoms with Crippen LogP contribution in [0.2, 0.25) is 0 Å². The number of nitrogens with zero attached hydrogens (tertiary/aromatic N) is 2. The fraction of sp³-hybridized carbons (Fsp3) is 0.100. The number of amidine groups is 1. The van der Waals surface area contributed by atoms with Gasteiger partial charge in [0.25, 0.3) is 5.91 Å². The van der Waals surface area contributed by atoms with E-state index in [0.717, 1.165) is 32.3 Å². The highest BCUT2D eigenvalue weighted by Gasteiger charge is 2.25. The van der Waals surface area contributed by atoms with Crippen LogP contribution in [0.25, 0.3) is 0 Å². The predicted octanol–water partition coefficient (Wildman–Crippen LogP) is 4.40. The molecule has 1 heterocycles. The Morgan fingerprint density at radius 3 is 2.73 bits per heavy atom. The number of ether oxygens (including phenoxy) is 2. The topological polar surface area (TPSA) is 89.3 Å². The molecule has 1 saturated heterocycles. The van der Waals surface area contributed by atoms with Crippen LogP contribution in [0, 0.1) is 0 Å². The van der Waals surface area contributed by atoms with Gasteiger partial charge in [0.15, 0.2) is 5.17 Å². The van der Waals surface area contributed by atoms with Crippen LogP contribution >= 0.6 is 43.6 Å². The average molecular weight is 553 g/mol. The van der Waals surface area contributed by atoms with Crippen molar-refractivity contribution in [2.75, 3.05) is 7.11 Å². The van der Waals surface area contributed by atoms with Crippen molar-refractivity contribution in [1.29, 1.82) is 0 Å². The predicted molar refractivity (Wildman–Crippen MR) is 123 cm³/mol. The monoisotopic (exact) mass is 551 g/mol. The van der Waals surface area contributed by atoms with E-state index in [0.29, 0.717) is 17.9 Å². The fourth-order valence-corrected chi connectivity index (χ4v) is 4.45. The number of nitrogens with one attached hydrogen (secondary N) is 1. The highest BCUT2D eigenvalue weighted by molar-refractivity contribution is 9.11. The zero-order valence-corrected chi connectivity index (χ0v) is 19.6. The summed E-state index contributed by atoms with van der Waals surface area (Å²) in [7, 11) is 1.24. The van der Waals surface area contributed by atoms with Crippen LogP contribution in [0.15, 0.2) is 72.6 Å². The number of carbonyl (C=O) groups is 2. The number of halogens is 2. The number of hydrogen-bond donors (Lipinski definition) is 1. The van der Waals surface area contributed by atoms with Crippen LogP contribution in [0.1, 0.15) is 11.1 Å². The lowest BCUT2D eigenvalue weighted by Crippen LogP contribution is -2.19. The van der Waals surface area contributed by atoms with Gasteiger partial charge in [-0.05, 0) is 45.4 Å². The van der Waals surface area contributed by atoms with Crippen molar-refractivity contribution in [3.8, 4) is 5.75 Å². The summed E-state index contributed by atoms with van der Waals surface area (Å²) < 4.78 is 12.1. The maximum atomic E-state index is 11.9. The number of thioether (sulfide) groups is 1. The van der Waals surface area contributed by atoms with Gasteiger partial charge in [-0.2, -0.15) is 5.10 Å². The number of rotatable bonds is 6. The third kappa shape index (κ3) is 6.04. The van der Waals surface area contributed by atoms with Crippen molar-refractivity contribution >= 4 is 66.9 Å². The first-order valence-corrected chi connectivity index (χ1v) is 10.9. The van der Waals surface area contributed by atoms with Gasteiger partial charge in [-0.1, -0.05) is 46.3 Å². The molecule has 1 amide bonds. The Hall–Kier alpha value is -2.43. The molecule has 1 N–H and O–H groups in total. The van der Waals surface area contributed by atoms with E-state index in [9.17, 15) is 9.59 Å². The van der Waals surface area contributed by atoms with Gasteiger partial charge in [-0.3, -0.25) is 10.1 Å². The second-order valence-corrected chi connectivity index (χ2v) is 8.62. The third-order valence-corrected chi connectivity index (χ3v) is 5.66. The molecule has 3 rings (SSSR count). The fourth-order valence-electron chi connectivity index (χ4n) is 2.34. The largest absolute Gasteiger partial charge is 0.487 e. The van der Waals surface area contributed by atoms with Crippen molar-refractivity contribution in [3.63, 3.8) is 0 Å². The van der Waals surface area contributed by atoms with Gasteiger partial charge in [-0.25, -0.2) is 4.79 Å². The Bertz CT molecular complexity index is 1060. The van der Waals surface area contributed by atoms with E-state index in [1.807, 2.05) is 42.5 Å². The highest BCUT2D eigenvalue weighted by atomic mass is 79.9. The quantitative estimate of drug-likeness (QED) is 0.248. The van der Waals surface area contributed by atoms with Gasteiger partial charge >= 0.3 is 5.97 Å². The summed E-state index contributed by atoms with van der Waals surface area (Å²) in [5.41, 5.74) is 1.72. The van der Waals surface area contributed by atoms with Gasteiger partial charge in [0.2, 0.25) is 0 Å². The van der Waals surface area contributed by atoms with Crippen LogP contribution in [-0.2, 0) is 20.9 Å². The van der Waals surface area contributed by atoms with E-state index in [1.54, 1.807) is 0 Å². The lowest BCUT2D eigenvalue weighted by molar-refractivity contribution is -0.135. The standard InChI is InChI=1S/C20H15Br2N3O4S/c1-28-17(26)9-16-19(27)24-20(30-16)25-23-10-13-7-14(21)8-15(22)18(13)29-11-12-5-3-2-4-6-12/h2-10H,11H2,1H3,(H,24,25,27)/b16-9+,23-10?. The molecule has 10 heteroatoms. The third-order valence-electron chi connectivity index (χ3n) is 3.71. The summed E-state index contributed by atoms with van der Waals surface area (Å²) in [4.78, 5) is 23.3. The van der Waals surface area contributed by atoms with E-state index >= 15 is 0 Å². The van der Waals surface area contributed by atoms with Gasteiger partial charge in [-0.15, -0.1) is 5.10 Å². The van der Waals surface area contributed by atoms with Crippen molar-refractivity contribution in [1.82, 2.24) is 5.32 Å². The number of hydrogen-bond acceptors (Lipinski definition) is 7. The molecule has 7 nitrogen and oxygen atoms in total. The van der Waals surface area contributed by atoms with Gasteiger partial charge in [0.05, 0.1) is 22.7 Å². The number of benzene rings is 2. The van der Waals surface area contributed by atoms with E-state index in [-0.39, 0.29) is 10.1 Å². The van der Waals surface area contributed by atoms with Crippen molar-refractivity contribution in [2.24, 2.45) is 10.2 Å². The van der Waals surface area contributed by atoms with E-state index in [1.165, 1.54) is 13.3 Å². The minimum Gasteiger partial charge on any atom is -0.487 e. The molecule has 0 bridgehead atoms.